The van der Waals surface area contributed by atoms with Crippen LogP contribution in [-0.4, -0.2) is 48.8 Å². The third-order valence-electron chi connectivity index (χ3n) is 1.23. The minimum atomic E-state index is -0.751. The molecule has 0 bridgehead atoms. The number of aliphatic hydroxyl groups is 2. The molecule has 2 N–H and O–H groups in total. The van der Waals surface area contributed by atoms with Crippen LogP contribution in [0.25, 0.3) is 0 Å². The molecule has 2 atom stereocenters. The maximum absolute atomic E-state index is 8.78. The summed E-state index contributed by atoms with van der Waals surface area (Å²) in [7, 11) is 0. The molecule has 0 aliphatic carbocycles. The van der Waals surface area contributed by atoms with Crippen LogP contribution in [0.15, 0.2) is 0 Å². The molecule has 0 radical (unpaired) electrons. The Morgan fingerprint density at radius 3 is 2.73 bits per heavy atom. The van der Waals surface area contributed by atoms with E-state index in [4.69, 9.17) is 19.7 Å². The van der Waals surface area contributed by atoms with Crippen molar-refractivity contribution in [1.29, 1.82) is 0 Å². The van der Waals surface area contributed by atoms with Gasteiger partial charge in [0.05, 0.1) is 26.4 Å². The van der Waals surface area contributed by atoms with Gasteiger partial charge in [0.2, 0.25) is 0 Å². The average molecular weight is 164 g/mol. The summed E-state index contributed by atoms with van der Waals surface area (Å²) in [5.41, 5.74) is 0. The van der Waals surface area contributed by atoms with Crippen molar-refractivity contribution in [2.45, 2.75) is 19.6 Å². The van der Waals surface area contributed by atoms with Crippen molar-refractivity contribution in [1.82, 2.24) is 0 Å². The zero-order chi connectivity index (χ0) is 7.40. The van der Waals surface area contributed by atoms with Crippen LogP contribution in [0.5, 0.6) is 0 Å². The van der Waals surface area contributed by atoms with Crippen LogP contribution < -0.4 is 0 Å². The first-order valence-corrected chi connectivity index (χ1v) is 3.31. The maximum Gasteiger partial charge on any atom is 0.104 e. The van der Waals surface area contributed by atoms with Crippen LogP contribution in [0, 0.1) is 0 Å². The van der Waals surface area contributed by atoms with E-state index < -0.39 is 6.10 Å². The number of hydrogen-bond donors (Lipinski definition) is 2. The van der Waals surface area contributed by atoms with E-state index in [1.807, 2.05) is 0 Å². The van der Waals surface area contributed by atoms with Crippen molar-refractivity contribution in [3.8, 4) is 0 Å². The highest BCUT2D eigenvalue weighted by molar-refractivity contribution is 4.67. The molecule has 1 aliphatic heterocycles. The van der Waals surface area contributed by atoms with Crippen LogP contribution >= 0.6 is 0 Å². The number of hydrogen-bond acceptors (Lipinski definition) is 4. The van der Waals surface area contributed by atoms with Gasteiger partial charge in [-0.1, -0.05) is 7.43 Å². The van der Waals surface area contributed by atoms with E-state index in [2.05, 4.69) is 0 Å². The smallest absolute Gasteiger partial charge is 0.104 e. The minimum Gasteiger partial charge on any atom is -0.394 e. The van der Waals surface area contributed by atoms with Crippen LogP contribution in [0.4, 0.5) is 0 Å². The first-order chi connectivity index (χ1) is 4.83. The standard InChI is InChI=1S/C6H12O4.CH4/c7-1-5(8)2-9-3-6-4-10-6;/h5-8H,1-4H2;1H4. The largest absolute Gasteiger partial charge is 0.394 e. The molecule has 0 aromatic heterocycles. The highest BCUT2D eigenvalue weighted by Gasteiger charge is 2.22. The van der Waals surface area contributed by atoms with Crippen molar-refractivity contribution in [2.24, 2.45) is 0 Å². The molecule has 0 aromatic carbocycles. The molecule has 1 fully saturated rings. The Bertz CT molecular complexity index is 92.4. The Morgan fingerprint density at radius 2 is 2.27 bits per heavy atom. The van der Waals surface area contributed by atoms with Gasteiger partial charge in [0.1, 0.15) is 12.2 Å². The normalized spacial score (nSPS) is 24.0. The Morgan fingerprint density at radius 1 is 1.64 bits per heavy atom. The highest BCUT2D eigenvalue weighted by Crippen LogP contribution is 2.08. The fraction of sp³-hybridized carbons (Fsp3) is 1.00. The number of aliphatic hydroxyl groups excluding tert-OH is 2. The molecule has 1 heterocycles. The van der Waals surface area contributed by atoms with Crippen molar-refractivity contribution < 1.29 is 19.7 Å². The molecule has 1 aliphatic rings. The molecule has 0 amide bonds. The average Bonchev–Trinajstić information content (AvgIpc) is 2.71. The lowest BCUT2D eigenvalue weighted by Gasteiger charge is -2.05. The zero-order valence-corrected chi connectivity index (χ0v) is 5.69. The third-order valence-corrected chi connectivity index (χ3v) is 1.23. The van der Waals surface area contributed by atoms with Gasteiger partial charge < -0.3 is 19.7 Å². The molecule has 11 heavy (non-hydrogen) atoms. The van der Waals surface area contributed by atoms with E-state index >= 15 is 0 Å². The second kappa shape index (κ2) is 5.49. The third kappa shape index (κ3) is 5.15. The van der Waals surface area contributed by atoms with Gasteiger partial charge in [0, 0.05) is 0 Å². The maximum atomic E-state index is 8.78. The summed E-state index contributed by atoms with van der Waals surface area (Å²) in [6.07, 6.45) is -0.523. The van der Waals surface area contributed by atoms with Crippen LogP contribution in [0.2, 0.25) is 0 Å². The van der Waals surface area contributed by atoms with Gasteiger partial charge in [-0.05, 0) is 0 Å². The molecule has 0 aromatic rings. The lowest BCUT2D eigenvalue weighted by Crippen LogP contribution is -2.20. The second-order valence-electron chi connectivity index (χ2n) is 2.33. The summed E-state index contributed by atoms with van der Waals surface area (Å²) >= 11 is 0. The molecule has 2 unspecified atom stereocenters. The first kappa shape index (κ1) is 10.8. The Labute approximate surface area is 66.7 Å². The van der Waals surface area contributed by atoms with Gasteiger partial charge in [0.25, 0.3) is 0 Å². The molecule has 68 valence electrons. The molecule has 4 heteroatoms. The number of rotatable bonds is 5. The number of ether oxygens (including phenoxy) is 2. The zero-order valence-electron chi connectivity index (χ0n) is 5.69. The Balaban J connectivity index is 0.000001000. The van der Waals surface area contributed by atoms with Crippen molar-refractivity contribution in [3.05, 3.63) is 0 Å². The topological polar surface area (TPSA) is 62.2 Å². The van der Waals surface area contributed by atoms with E-state index in [1.165, 1.54) is 0 Å². The first-order valence-electron chi connectivity index (χ1n) is 3.31. The fourth-order valence-electron chi connectivity index (χ4n) is 0.552. The van der Waals surface area contributed by atoms with Gasteiger partial charge in [0.15, 0.2) is 0 Å². The molecule has 1 rings (SSSR count). The highest BCUT2D eigenvalue weighted by atomic mass is 16.6. The molecular weight excluding hydrogens is 148 g/mol. The van der Waals surface area contributed by atoms with Gasteiger partial charge in [-0.2, -0.15) is 0 Å². The SMILES string of the molecule is C.OCC(O)COCC1CO1. The minimum absolute atomic E-state index is 0. The monoisotopic (exact) mass is 164 g/mol. The molecular formula is C7H16O4. The van der Waals surface area contributed by atoms with E-state index in [0.29, 0.717) is 6.61 Å². The summed E-state index contributed by atoms with van der Waals surface area (Å²) in [4.78, 5) is 0. The van der Waals surface area contributed by atoms with E-state index in [-0.39, 0.29) is 26.7 Å². The van der Waals surface area contributed by atoms with E-state index in [9.17, 15) is 0 Å². The van der Waals surface area contributed by atoms with Crippen LogP contribution in [0.1, 0.15) is 7.43 Å². The van der Waals surface area contributed by atoms with Gasteiger partial charge in [-0.3, -0.25) is 0 Å². The van der Waals surface area contributed by atoms with E-state index in [0.717, 1.165) is 6.61 Å². The predicted octanol–water partition coefficient (Wildman–Crippen LogP) is -0.609. The van der Waals surface area contributed by atoms with Crippen molar-refractivity contribution in [2.75, 3.05) is 26.4 Å². The Kier molecular flexibility index (Phi) is 5.41. The second-order valence-corrected chi connectivity index (χ2v) is 2.33. The van der Waals surface area contributed by atoms with Crippen molar-refractivity contribution in [3.63, 3.8) is 0 Å². The van der Waals surface area contributed by atoms with Gasteiger partial charge >= 0.3 is 0 Å². The summed E-state index contributed by atoms with van der Waals surface area (Å²) in [5, 5.41) is 17.1. The fourth-order valence-corrected chi connectivity index (χ4v) is 0.552. The van der Waals surface area contributed by atoms with E-state index in [1.54, 1.807) is 0 Å². The van der Waals surface area contributed by atoms with Crippen LogP contribution in [0.3, 0.4) is 0 Å². The van der Waals surface area contributed by atoms with Gasteiger partial charge in [-0.25, -0.2) is 0 Å². The predicted molar refractivity (Wildman–Crippen MR) is 40.4 cm³/mol. The summed E-state index contributed by atoms with van der Waals surface area (Å²) < 4.78 is 9.83. The quantitative estimate of drug-likeness (QED) is 0.532. The van der Waals surface area contributed by atoms with Crippen molar-refractivity contribution >= 4 is 0 Å². The van der Waals surface area contributed by atoms with Crippen LogP contribution in [-0.2, 0) is 9.47 Å². The summed E-state index contributed by atoms with van der Waals surface area (Å²) in [6.45, 7) is 1.23. The lowest BCUT2D eigenvalue weighted by atomic mass is 10.4. The summed E-state index contributed by atoms with van der Waals surface area (Å²) in [5.74, 6) is 0. The molecule has 1 saturated heterocycles. The Hall–Kier alpha value is -0.160. The number of epoxide rings is 1. The van der Waals surface area contributed by atoms with Gasteiger partial charge in [-0.15, -0.1) is 0 Å². The summed E-state index contributed by atoms with van der Waals surface area (Å²) in [6, 6.07) is 0. The lowest BCUT2D eigenvalue weighted by molar-refractivity contribution is 0.00216. The molecule has 4 nitrogen and oxygen atoms in total. The molecule has 0 spiro atoms. The molecule has 0 saturated carbocycles.